The number of esters is 1. The lowest BCUT2D eigenvalue weighted by Crippen LogP contribution is -2.35. The van der Waals surface area contributed by atoms with E-state index in [-0.39, 0.29) is 10.5 Å². The van der Waals surface area contributed by atoms with Crippen LogP contribution in [0.25, 0.3) is 0 Å². The number of carbonyl (C=O) groups is 2. The molecule has 1 amide bonds. The molecule has 0 saturated carbocycles. The highest BCUT2D eigenvalue weighted by atomic mass is 79.9. The number of hydrogen-bond acceptors (Lipinski definition) is 5. The van der Waals surface area contributed by atoms with Crippen LogP contribution in [-0.4, -0.2) is 44.3 Å². The fourth-order valence-corrected chi connectivity index (χ4v) is 4.88. The summed E-state index contributed by atoms with van der Waals surface area (Å²) in [5.41, 5.74) is 0.747. The zero-order chi connectivity index (χ0) is 20.9. The summed E-state index contributed by atoms with van der Waals surface area (Å²) in [7, 11) is -3.56. The number of anilines is 1. The first kappa shape index (κ1) is 21.5. The first-order chi connectivity index (χ1) is 13.9. The van der Waals surface area contributed by atoms with Crippen LogP contribution >= 0.6 is 15.9 Å². The Bertz CT molecular complexity index is 986. The molecular formula is C20H21BrN2O5S. The van der Waals surface area contributed by atoms with Crippen LogP contribution in [0, 0.1) is 0 Å². The van der Waals surface area contributed by atoms with Crippen molar-refractivity contribution in [3.05, 3.63) is 58.6 Å². The molecule has 1 aliphatic heterocycles. The number of amides is 1. The van der Waals surface area contributed by atoms with Gasteiger partial charge < -0.3 is 10.1 Å². The van der Waals surface area contributed by atoms with Gasteiger partial charge in [0.25, 0.3) is 5.91 Å². The molecule has 0 atom stereocenters. The minimum Gasteiger partial charge on any atom is -0.452 e. The molecule has 29 heavy (non-hydrogen) atoms. The molecule has 1 fully saturated rings. The first-order valence-corrected chi connectivity index (χ1v) is 11.4. The Morgan fingerprint density at radius 2 is 1.66 bits per heavy atom. The summed E-state index contributed by atoms with van der Waals surface area (Å²) in [4.78, 5) is 24.3. The molecule has 0 aromatic heterocycles. The number of rotatable bonds is 6. The summed E-state index contributed by atoms with van der Waals surface area (Å²) in [5, 5.41) is 2.63. The third-order valence-electron chi connectivity index (χ3n) is 4.53. The zero-order valence-electron chi connectivity index (χ0n) is 15.6. The molecule has 1 N–H and O–H groups in total. The van der Waals surface area contributed by atoms with E-state index in [0.29, 0.717) is 23.2 Å². The number of carbonyl (C=O) groups excluding carboxylic acids is 2. The highest BCUT2D eigenvalue weighted by Crippen LogP contribution is 2.22. The third kappa shape index (κ3) is 5.43. The Labute approximate surface area is 178 Å². The standard InChI is InChI=1S/C20H21BrN2O5S/c21-17-6-2-3-7-18(17)22-19(24)14-28-20(25)15-8-10-16(11-9-15)29(26,27)23-12-4-1-5-13-23/h2-3,6-11H,1,4-5,12-14H2,(H,22,24). The van der Waals surface area contributed by atoms with Crippen LogP contribution in [0.4, 0.5) is 5.69 Å². The van der Waals surface area contributed by atoms with Crippen molar-refractivity contribution in [2.75, 3.05) is 25.0 Å². The molecule has 2 aromatic carbocycles. The molecule has 1 heterocycles. The van der Waals surface area contributed by atoms with Crippen molar-refractivity contribution < 1.29 is 22.7 Å². The number of para-hydroxylation sites is 1. The predicted octanol–water partition coefficient (Wildman–Crippen LogP) is 3.42. The molecule has 9 heteroatoms. The molecule has 0 bridgehead atoms. The number of sulfonamides is 1. The van der Waals surface area contributed by atoms with E-state index < -0.39 is 28.5 Å². The van der Waals surface area contributed by atoms with Gasteiger partial charge in [0.05, 0.1) is 16.1 Å². The fraction of sp³-hybridized carbons (Fsp3) is 0.300. The van der Waals surface area contributed by atoms with Crippen molar-refractivity contribution in [2.24, 2.45) is 0 Å². The van der Waals surface area contributed by atoms with Crippen molar-refractivity contribution in [2.45, 2.75) is 24.2 Å². The van der Waals surface area contributed by atoms with Crippen LogP contribution in [0.3, 0.4) is 0 Å². The lowest BCUT2D eigenvalue weighted by atomic mass is 10.2. The maximum atomic E-state index is 12.6. The summed E-state index contributed by atoms with van der Waals surface area (Å²) in [6.45, 7) is 0.575. The number of hydrogen-bond donors (Lipinski definition) is 1. The minimum absolute atomic E-state index is 0.141. The molecule has 1 saturated heterocycles. The van der Waals surface area contributed by atoms with Gasteiger partial charge in [0.15, 0.2) is 6.61 Å². The van der Waals surface area contributed by atoms with E-state index >= 15 is 0 Å². The van der Waals surface area contributed by atoms with E-state index in [1.54, 1.807) is 18.2 Å². The molecule has 3 rings (SSSR count). The number of piperidine rings is 1. The largest absolute Gasteiger partial charge is 0.452 e. The van der Waals surface area contributed by atoms with Gasteiger partial charge in [-0.2, -0.15) is 4.31 Å². The lowest BCUT2D eigenvalue weighted by molar-refractivity contribution is -0.119. The Hall–Kier alpha value is -2.23. The highest BCUT2D eigenvalue weighted by molar-refractivity contribution is 9.10. The van der Waals surface area contributed by atoms with Crippen molar-refractivity contribution >= 4 is 43.5 Å². The second-order valence-electron chi connectivity index (χ2n) is 6.59. The van der Waals surface area contributed by atoms with E-state index in [1.165, 1.54) is 28.6 Å². The van der Waals surface area contributed by atoms with Crippen LogP contribution in [0.15, 0.2) is 57.9 Å². The van der Waals surface area contributed by atoms with Gasteiger partial charge in [0, 0.05) is 17.6 Å². The van der Waals surface area contributed by atoms with Gasteiger partial charge in [-0.15, -0.1) is 0 Å². The Morgan fingerprint density at radius 1 is 1.00 bits per heavy atom. The Balaban J connectivity index is 1.57. The van der Waals surface area contributed by atoms with Crippen molar-refractivity contribution in [1.29, 1.82) is 0 Å². The number of nitrogens with one attached hydrogen (secondary N) is 1. The number of benzene rings is 2. The smallest absolute Gasteiger partial charge is 0.338 e. The van der Waals surface area contributed by atoms with Crippen molar-refractivity contribution in [3.8, 4) is 0 Å². The summed E-state index contributed by atoms with van der Waals surface area (Å²) in [6.07, 6.45) is 2.74. The summed E-state index contributed by atoms with van der Waals surface area (Å²) in [6, 6.07) is 12.6. The van der Waals surface area contributed by atoms with Gasteiger partial charge in [-0.3, -0.25) is 4.79 Å². The summed E-state index contributed by atoms with van der Waals surface area (Å²) >= 11 is 3.32. The summed E-state index contributed by atoms with van der Waals surface area (Å²) in [5.74, 6) is -1.18. The average Bonchev–Trinajstić information content (AvgIpc) is 2.74. The maximum Gasteiger partial charge on any atom is 0.338 e. The topological polar surface area (TPSA) is 92.8 Å². The van der Waals surface area contributed by atoms with E-state index in [9.17, 15) is 18.0 Å². The van der Waals surface area contributed by atoms with Gasteiger partial charge in [0.2, 0.25) is 10.0 Å². The molecule has 0 spiro atoms. The van der Waals surface area contributed by atoms with Gasteiger partial charge in [-0.05, 0) is 65.2 Å². The molecule has 0 radical (unpaired) electrons. The van der Waals surface area contributed by atoms with Crippen LogP contribution in [0.1, 0.15) is 29.6 Å². The fourth-order valence-electron chi connectivity index (χ4n) is 2.98. The average molecular weight is 481 g/mol. The van der Waals surface area contributed by atoms with Crippen molar-refractivity contribution in [1.82, 2.24) is 4.31 Å². The van der Waals surface area contributed by atoms with E-state index in [1.807, 2.05) is 6.07 Å². The van der Waals surface area contributed by atoms with E-state index in [4.69, 9.17) is 4.74 Å². The quantitative estimate of drug-likeness (QED) is 0.639. The normalized spacial score (nSPS) is 14.9. The zero-order valence-corrected chi connectivity index (χ0v) is 18.0. The molecule has 0 aliphatic carbocycles. The maximum absolute atomic E-state index is 12.6. The van der Waals surface area contributed by atoms with E-state index in [2.05, 4.69) is 21.2 Å². The molecule has 154 valence electrons. The molecule has 7 nitrogen and oxygen atoms in total. The number of ether oxygens (including phenoxy) is 1. The van der Waals surface area contributed by atoms with Gasteiger partial charge in [-0.25, -0.2) is 13.2 Å². The van der Waals surface area contributed by atoms with Crippen LogP contribution in [0.5, 0.6) is 0 Å². The lowest BCUT2D eigenvalue weighted by Gasteiger charge is -2.25. The van der Waals surface area contributed by atoms with Crippen LogP contribution in [-0.2, 0) is 19.6 Å². The first-order valence-electron chi connectivity index (χ1n) is 9.19. The van der Waals surface area contributed by atoms with Crippen molar-refractivity contribution in [3.63, 3.8) is 0 Å². The second-order valence-corrected chi connectivity index (χ2v) is 9.39. The monoisotopic (exact) mass is 480 g/mol. The Kier molecular flexibility index (Phi) is 7.05. The van der Waals surface area contributed by atoms with Crippen LogP contribution < -0.4 is 5.32 Å². The highest BCUT2D eigenvalue weighted by Gasteiger charge is 2.26. The summed E-state index contributed by atoms with van der Waals surface area (Å²) < 4.78 is 32.5. The Morgan fingerprint density at radius 3 is 2.31 bits per heavy atom. The van der Waals surface area contributed by atoms with E-state index in [0.717, 1.165) is 19.3 Å². The van der Waals surface area contributed by atoms with Gasteiger partial charge >= 0.3 is 5.97 Å². The van der Waals surface area contributed by atoms with Gasteiger partial charge in [-0.1, -0.05) is 18.6 Å². The predicted molar refractivity (Wildman–Crippen MR) is 112 cm³/mol. The van der Waals surface area contributed by atoms with Gasteiger partial charge in [0.1, 0.15) is 0 Å². The molecule has 1 aliphatic rings. The SMILES string of the molecule is O=C(COC(=O)c1ccc(S(=O)(=O)N2CCCCC2)cc1)Nc1ccccc1Br. The second kappa shape index (κ2) is 9.51. The molecule has 2 aromatic rings. The molecular weight excluding hydrogens is 460 g/mol. The number of nitrogens with zero attached hydrogens (tertiary/aromatic N) is 1. The number of halogens is 1. The molecule has 0 unspecified atom stereocenters. The third-order valence-corrected chi connectivity index (χ3v) is 7.13. The van der Waals surface area contributed by atoms with Crippen LogP contribution in [0.2, 0.25) is 0 Å². The minimum atomic E-state index is -3.56.